The van der Waals surface area contributed by atoms with Crippen molar-refractivity contribution >= 4 is 17.7 Å². The van der Waals surface area contributed by atoms with Crippen molar-refractivity contribution < 1.29 is 13.9 Å². The molecule has 0 fully saturated rings. The van der Waals surface area contributed by atoms with E-state index in [4.69, 9.17) is 16.3 Å². The normalized spacial score (nSPS) is 14.2. The average Bonchev–Trinajstić information content (AvgIpc) is 2.44. The molecule has 0 aliphatic heterocycles. The van der Waals surface area contributed by atoms with Crippen LogP contribution in [-0.2, 0) is 4.74 Å². The molecular formula is C17H26ClFN2O2. The lowest BCUT2D eigenvalue weighted by Crippen LogP contribution is -2.43. The topological polar surface area (TPSA) is 50.4 Å². The van der Waals surface area contributed by atoms with Crippen molar-refractivity contribution in [3.05, 3.63) is 34.6 Å². The van der Waals surface area contributed by atoms with Crippen molar-refractivity contribution in [1.82, 2.24) is 10.6 Å². The Morgan fingerprint density at radius 3 is 2.57 bits per heavy atom. The maximum atomic E-state index is 13.2. The molecule has 0 aromatic heterocycles. The van der Waals surface area contributed by atoms with E-state index in [-0.39, 0.29) is 17.1 Å². The molecule has 2 N–H and O–H groups in total. The SMILES string of the molecule is CCC(CNC(=O)OC(C)(C)C)NC(C)c1ccc(F)c(Cl)c1. The van der Waals surface area contributed by atoms with E-state index in [1.165, 1.54) is 6.07 Å². The molecule has 0 heterocycles. The van der Waals surface area contributed by atoms with Crippen molar-refractivity contribution in [2.75, 3.05) is 6.54 Å². The second kappa shape index (κ2) is 8.50. The molecule has 0 aliphatic carbocycles. The van der Waals surface area contributed by atoms with Gasteiger partial charge in [0.2, 0.25) is 0 Å². The number of rotatable bonds is 6. The number of nitrogens with one attached hydrogen (secondary N) is 2. The molecule has 2 atom stereocenters. The summed E-state index contributed by atoms with van der Waals surface area (Å²) in [5.41, 5.74) is 0.379. The molecule has 0 aliphatic rings. The van der Waals surface area contributed by atoms with Gasteiger partial charge in [-0.25, -0.2) is 9.18 Å². The third-order valence-corrected chi connectivity index (χ3v) is 3.60. The van der Waals surface area contributed by atoms with Gasteiger partial charge >= 0.3 is 6.09 Å². The van der Waals surface area contributed by atoms with Crippen LogP contribution in [0.5, 0.6) is 0 Å². The summed E-state index contributed by atoms with van der Waals surface area (Å²) < 4.78 is 18.4. The van der Waals surface area contributed by atoms with E-state index in [9.17, 15) is 9.18 Å². The Bertz CT molecular complexity index is 532. The Morgan fingerprint density at radius 1 is 1.39 bits per heavy atom. The van der Waals surface area contributed by atoms with Crippen molar-refractivity contribution in [3.8, 4) is 0 Å². The quantitative estimate of drug-likeness (QED) is 0.802. The fraction of sp³-hybridized carbons (Fsp3) is 0.588. The van der Waals surface area contributed by atoms with Crippen LogP contribution in [0, 0.1) is 5.82 Å². The van der Waals surface area contributed by atoms with Crippen molar-refractivity contribution in [2.24, 2.45) is 0 Å². The minimum Gasteiger partial charge on any atom is -0.444 e. The van der Waals surface area contributed by atoms with Crippen LogP contribution < -0.4 is 10.6 Å². The maximum Gasteiger partial charge on any atom is 0.407 e. The Balaban J connectivity index is 2.55. The van der Waals surface area contributed by atoms with Crippen LogP contribution in [-0.4, -0.2) is 24.3 Å². The summed E-state index contributed by atoms with van der Waals surface area (Å²) >= 11 is 5.82. The highest BCUT2D eigenvalue weighted by atomic mass is 35.5. The number of hydrogen-bond acceptors (Lipinski definition) is 3. The highest BCUT2D eigenvalue weighted by Gasteiger charge is 2.18. The molecule has 1 aromatic carbocycles. The van der Waals surface area contributed by atoms with E-state index < -0.39 is 17.5 Å². The molecule has 1 amide bonds. The zero-order valence-electron chi connectivity index (χ0n) is 14.4. The zero-order chi connectivity index (χ0) is 17.6. The molecular weight excluding hydrogens is 319 g/mol. The fourth-order valence-corrected chi connectivity index (χ4v) is 2.26. The van der Waals surface area contributed by atoms with E-state index in [0.717, 1.165) is 12.0 Å². The monoisotopic (exact) mass is 344 g/mol. The Morgan fingerprint density at radius 2 is 2.04 bits per heavy atom. The maximum absolute atomic E-state index is 13.2. The first-order chi connectivity index (χ1) is 10.6. The van der Waals surface area contributed by atoms with Crippen LogP contribution in [0.15, 0.2) is 18.2 Å². The summed E-state index contributed by atoms with van der Waals surface area (Å²) in [6.07, 6.45) is 0.393. The molecule has 6 heteroatoms. The minimum atomic E-state index is -0.516. The van der Waals surface area contributed by atoms with Gasteiger partial charge in [0, 0.05) is 18.6 Å². The Kier molecular flexibility index (Phi) is 7.29. The summed E-state index contributed by atoms with van der Waals surface area (Å²) in [6.45, 7) is 9.91. The molecule has 0 saturated heterocycles. The number of carbonyl (C=O) groups excluding carboxylic acids is 1. The van der Waals surface area contributed by atoms with E-state index in [2.05, 4.69) is 10.6 Å². The summed E-state index contributed by atoms with van der Waals surface area (Å²) in [7, 11) is 0. The van der Waals surface area contributed by atoms with Crippen LogP contribution in [0.3, 0.4) is 0 Å². The first-order valence-electron chi connectivity index (χ1n) is 7.80. The predicted molar refractivity (Wildman–Crippen MR) is 91.3 cm³/mol. The largest absolute Gasteiger partial charge is 0.444 e. The number of benzene rings is 1. The van der Waals surface area contributed by atoms with Gasteiger partial charge in [0.15, 0.2) is 0 Å². The highest BCUT2D eigenvalue weighted by Crippen LogP contribution is 2.21. The standard InChI is InChI=1S/C17H26ClFN2O2/c1-6-13(10-20-16(22)23-17(3,4)5)21-11(2)12-7-8-15(19)14(18)9-12/h7-9,11,13,21H,6,10H2,1-5H3,(H,20,22). The Labute approximate surface area is 142 Å². The average molecular weight is 345 g/mol. The van der Waals surface area contributed by atoms with Gasteiger partial charge in [-0.05, 0) is 51.8 Å². The molecule has 0 radical (unpaired) electrons. The van der Waals surface area contributed by atoms with Gasteiger partial charge in [-0.3, -0.25) is 0 Å². The van der Waals surface area contributed by atoms with Crippen LogP contribution in [0.4, 0.5) is 9.18 Å². The summed E-state index contributed by atoms with van der Waals surface area (Å²) in [5.74, 6) is -0.429. The number of amides is 1. The van der Waals surface area contributed by atoms with Gasteiger partial charge in [0.05, 0.1) is 5.02 Å². The number of carbonyl (C=O) groups is 1. The summed E-state index contributed by atoms with van der Waals surface area (Å²) in [5, 5.41) is 6.26. The molecule has 0 spiro atoms. The first-order valence-corrected chi connectivity index (χ1v) is 8.18. The van der Waals surface area contributed by atoms with E-state index in [1.54, 1.807) is 12.1 Å². The van der Waals surface area contributed by atoms with Gasteiger partial charge < -0.3 is 15.4 Å². The minimum absolute atomic E-state index is 0.0153. The number of ether oxygens (including phenoxy) is 1. The number of halogens is 2. The van der Waals surface area contributed by atoms with E-state index in [1.807, 2.05) is 34.6 Å². The van der Waals surface area contributed by atoms with Crippen molar-refractivity contribution in [2.45, 2.75) is 58.7 Å². The third-order valence-electron chi connectivity index (χ3n) is 3.31. The molecule has 1 rings (SSSR count). The van der Waals surface area contributed by atoms with Gasteiger partial charge in [-0.2, -0.15) is 0 Å². The fourth-order valence-electron chi connectivity index (χ4n) is 2.07. The van der Waals surface area contributed by atoms with E-state index >= 15 is 0 Å². The van der Waals surface area contributed by atoms with Crippen LogP contribution >= 0.6 is 11.6 Å². The second-order valence-corrected chi connectivity index (χ2v) is 6.96. The zero-order valence-corrected chi connectivity index (χ0v) is 15.1. The lowest BCUT2D eigenvalue weighted by molar-refractivity contribution is 0.0521. The molecule has 130 valence electrons. The summed E-state index contributed by atoms with van der Waals surface area (Å²) in [6, 6.07) is 4.73. The third kappa shape index (κ3) is 7.18. The molecule has 23 heavy (non-hydrogen) atoms. The lowest BCUT2D eigenvalue weighted by Gasteiger charge is -2.24. The summed E-state index contributed by atoms with van der Waals surface area (Å²) in [4.78, 5) is 11.7. The number of hydrogen-bond donors (Lipinski definition) is 2. The van der Waals surface area contributed by atoms with Crippen molar-refractivity contribution in [1.29, 1.82) is 0 Å². The second-order valence-electron chi connectivity index (χ2n) is 6.55. The molecule has 2 unspecified atom stereocenters. The molecule has 0 bridgehead atoms. The highest BCUT2D eigenvalue weighted by molar-refractivity contribution is 6.30. The smallest absolute Gasteiger partial charge is 0.407 e. The van der Waals surface area contributed by atoms with Crippen LogP contribution in [0.2, 0.25) is 5.02 Å². The predicted octanol–water partition coefficient (Wildman–Crippen LogP) is 4.43. The lowest BCUT2D eigenvalue weighted by atomic mass is 10.1. The van der Waals surface area contributed by atoms with Gasteiger partial charge in [0.25, 0.3) is 0 Å². The molecule has 1 aromatic rings. The van der Waals surface area contributed by atoms with Gasteiger partial charge in [-0.1, -0.05) is 24.6 Å². The van der Waals surface area contributed by atoms with Gasteiger partial charge in [-0.15, -0.1) is 0 Å². The Hall–Kier alpha value is -1.33. The first kappa shape index (κ1) is 19.7. The van der Waals surface area contributed by atoms with Crippen LogP contribution in [0.25, 0.3) is 0 Å². The van der Waals surface area contributed by atoms with Crippen LogP contribution in [0.1, 0.15) is 52.6 Å². The van der Waals surface area contributed by atoms with E-state index in [0.29, 0.717) is 6.54 Å². The van der Waals surface area contributed by atoms with Gasteiger partial charge in [0.1, 0.15) is 11.4 Å². The van der Waals surface area contributed by atoms with Crippen molar-refractivity contribution in [3.63, 3.8) is 0 Å². The molecule has 4 nitrogen and oxygen atoms in total. The molecule has 0 saturated carbocycles. The number of alkyl carbamates (subject to hydrolysis) is 1.